The minimum atomic E-state index is -0.0127. The minimum Gasteiger partial charge on any atom is -0.326 e. The van der Waals surface area contributed by atoms with Crippen molar-refractivity contribution in [3.63, 3.8) is 0 Å². The Morgan fingerprint density at radius 3 is 2.82 bits per heavy atom. The van der Waals surface area contributed by atoms with E-state index in [1.807, 2.05) is 35.8 Å². The maximum Gasteiger partial charge on any atom is 0.225 e. The highest BCUT2D eigenvalue weighted by molar-refractivity contribution is 9.10. The molecule has 2 rings (SSSR count). The van der Waals surface area contributed by atoms with Gasteiger partial charge in [-0.05, 0) is 31.2 Å². The lowest BCUT2D eigenvalue weighted by molar-refractivity contribution is -0.115. The number of aromatic nitrogens is 3. The van der Waals surface area contributed by atoms with Crippen LogP contribution in [-0.4, -0.2) is 26.4 Å². The molecular formula is C15H17BrN4OS. The van der Waals surface area contributed by atoms with Crippen molar-refractivity contribution < 1.29 is 4.79 Å². The molecule has 0 spiro atoms. The summed E-state index contributed by atoms with van der Waals surface area (Å²) in [6.45, 7) is 6.30. The summed E-state index contributed by atoms with van der Waals surface area (Å²) < 4.78 is 2.96. The zero-order valence-electron chi connectivity index (χ0n) is 12.3. The van der Waals surface area contributed by atoms with Crippen molar-refractivity contribution in [2.45, 2.75) is 25.0 Å². The smallest absolute Gasteiger partial charge is 0.225 e. The molecule has 0 radical (unpaired) electrons. The summed E-state index contributed by atoms with van der Waals surface area (Å²) in [5.74, 6) is 1.49. The van der Waals surface area contributed by atoms with Crippen molar-refractivity contribution in [3.8, 4) is 0 Å². The summed E-state index contributed by atoms with van der Waals surface area (Å²) >= 11 is 4.89. The number of nitrogens with zero attached hydrogens (tertiary/aromatic N) is 3. The first-order valence-electron chi connectivity index (χ1n) is 6.79. The molecule has 7 heteroatoms. The van der Waals surface area contributed by atoms with Gasteiger partial charge in [0.2, 0.25) is 5.91 Å². The van der Waals surface area contributed by atoms with Gasteiger partial charge in [0.15, 0.2) is 5.16 Å². The molecule has 0 unspecified atom stereocenters. The third-order valence-corrected chi connectivity index (χ3v) is 4.40. The highest BCUT2D eigenvalue weighted by atomic mass is 79.9. The van der Waals surface area contributed by atoms with E-state index in [1.54, 1.807) is 6.08 Å². The fourth-order valence-corrected chi connectivity index (χ4v) is 2.99. The lowest BCUT2D eigenvalue weighted by Gasteiger charge is -2.06. The first-order valence-corrected chi connectivity index (χ1v) is 8.57. The van der Waals surface area contributed by atoms with Gasteiger partial charge in [0, 0.05) is 28.9 Å². The van der Waals surface area contributed by atoms with Gasteiger partial charge < -0.3 is 9.88 Å². The number of nitrogens with one attached hydrogen (secondary N) is 1. The van der Waals surface area contributed by atoms with Crippen molar-refractivity contribution >= 4 is 39.3 Å². The van der Waals surface area contributed by atoms with Gasteiger partial charge in [0.25, 0.3) is 0 Å². The molecule has 1 aromatic carbocycles. The lowest BCUT2D eigenvalue weighted by atomic mass is 10.3. The standard InChI is InChI=1S/C15H17BrN4OS/c1-3-9-20-11(2)18-19-15(20)22-10-8-14(21)17-13-6-4-12(16)5-7-13/h3-7H,1,8-10H2,2H3,(H,17,21). The van der Waals surface area contributed by atoms with Crippen LogP contribution in [0.2, 0.25) is 0 Å². The van der Waals surface area contributed by atoms with Crippen molar-refractivity contribution in [1.82, 2.24) is 14.8 Å². The Hall–Kier alpha value is -1.60. The second-order valence-electron chi connectivity index (χ2n) is 4.58. The Labute approximate surface area is 142 Å². The van der Waals surface area contributed by atoms with Gasteiger partial charge in [0.1, 0.15) is 5.82 Å². The monoisotopic (exact) mass is 380 g/mol. The highest BCUT2D eigenvalue weighted by Gasteiger charge is 2.09. The SMILES string of the molecule is C=CCn1c(C)nnc1SCCC(=O)Nc1ccc(Br)cc1. The molecule has 5 nitrogen and oxygen atoms in total. The van der Waals surface area contributed by atoms with Crippen LogP contribution >= 0.6 is 27.7 Å². The predicted octanol–water partition coefficient (Wildman–Crippen LogP) is 3.66. The van der Waals surface area contributed by atoms with Gasteiger partial charge in [-0.2, -0.15) is 0 Å². The van der Waals surface area contributed by atoms with Crippen LogP contribution in [0.25, 0.3) is 0 Å². The van der Waals surface area contributed by atoms with Crippen molar-refractivity contribution in [1.29, 1.82) is 0 Å². The second-order valence-corrected chi connectivity index (χ2v) is 6.56. The molecule has 1 N–H and O–H groups in total. The van der Waals surface area contributed by atoms with Crippen LogP contribution in [0.1, 0.15) is 12.2 Å². The number of benzene rings is 1. The largest absolute Gasteiger partial charge is 0.326 e. The molecule has 0 saturated heterocycles. The summed E-state index contributed by atoms with van der Waals surface area (Å²) in [7, 11) is 0. The van der Waals surface area contributed by atoms with Crippen LogP contribution in [0.4, 0.5) is 5.69 Å². The van der Waals surface area contributed by atoms with Crippen molar-refractivity contribution in [3.05, 3.63) is 47.2 Å². The van der Waals surface area contributed by atoms with Crippen LogP contribution in [0.5, 0.6) is 0 Å². The Bertz CT molecular complexity index is 654. The lowest BCUT2D eigenvalue weighted by Crippen LogP contribution is -2.12. The van der Waals surface area contributed by atoms with Crippen molar-refractivity contribution in [2.24, 2.45) is 0 Å². The number of thioether (sulfide) groups is 1. The molecular weight excluding hydrogens is 364 g/mol. The summed E-state index contributed by atoms with van der Waals surface area (Å²) in [4.78, 5) is 11.9. The van der Waals surface area contributed by atoms with E-state index in [0.29, 0.717) is 18.7 Å². The van der Waals surface area contributed by atoms with E-state index in [2.05, 4.69) is 38.0 Å². The molecule has 2 aromatic rings. The van der Waals surface area contributed by atoms with Crippen LogP contribution in [0, 0.1) is 6.92 Å². The fraction of sp³-hybridized carbons (Fsp3) is 0.267. The Balaban J connectivity index is 1.82. The van der Waals surface area contributed by atoms with E-state index < -0.39 is 0 Å². The second kappa shape index (κ2) is 8.14. The summed E-state index contributed by atoms with van der Waals surface area (Å²) in [5, 5.41) is 11.8. The van der Waals surface area contributed by atoms with Crippen LogP contribution in [0.15, 0.2) is 46.5 Å². The van der Waals surface area contributed by atoms with E-state index >= 15 is 0 Å². The molecule has 0 aliphatic carbocycles. The molecule has 1 amide bonds. The maximum absolute atomic E-state index is 11.9. The zero-order chi connectivity index (χ0) is 15.9. The number of hydrogen-bond donors (Lipinski definition) is 1. The first-order chi connectivity index (χ1) is 10.6. The Morgan fingerprint density at radius 2 is 2.14 bits per heavy atom. The number of halogens is 1. The number of carbonyl (C=O) groups is 1. The number of aryl methyl sites for hydroxylation is 1. The molecule has 0 aliphatic heterocycles. The zero-order valence-corrected chi connectivity index (χ0v) is 14.7. The average Bonchev–Trinajstić information content (AvgIpc) is 2.83. The highest BCUT2D eigenvalue weighted by Crippen LogP contribution is 2.18. The van der Waals surface area contributed by atoms with Crippen LogP contribution < -0.4 is 5.32 Å². The van der Waals surface area contributed by atoms with Gasteiger partial charge in [-0.1, -0.05) is 33.8 Å². The Morgan fingerprint density at radius 1 is 1.41 bits per heavy atom. The van der Waals surface area contributed by atoms with Crippen LogP contribution in [0.3, 0.4) is 0 Å². The molecule has 1 aromatic heterocycles. The molecule has 0 aliphatic rings. The predicted molar refractivity (Wildman–Crippen MR) is 93.1 cm³/mol. The normalized spacial score (nSPS) is 10.5. The third kappa shape index (κ3) is 4.71. The molecule has 0 fully saturated rings. The first kappa shape index (κ1) is 16.8. The van der Waals surface area contributed by atoms with Gasteiger partial charge in [0.05, 0.1) is 0 Å². The number of amides is 1. The summed E-state index contributed by atoms with van der Waals surface area (Å²) in [6.07, 6.45) is 2.22. The number of allylic oxidation sites excluding steroid dienone is 1. The van der Waals surface area contributed by atoms with E-state index in [9.17, 15) is 4.79 Å². The maximum atomic E-state index is 11.9. The minimum absolute atomic E-state index is 0.0127. The summed E-state index contributed by atoms with van der Waals surface area (Å²) in [6, 6.07) is 7.51. The average molecular weight is 381 g/mol. The molecule has 1 heterocycles. The molecule has 0 atom stereocenters. The Kier molecular flexibility index (Phi) is 6.21. The number of anilines is 1. The van der Waals surface area contributed by atoms with Gasteiger partial charge in [-0.15, -0.1) is 16.8 Å². The molecule has 0 saturated carbocycles. The van der Waals surface area contributed by atoms with E-state index in [0.717, 1.165) is 21.1 Å². The van der Waals surface area contributed by atoms with Gasteiger partial charge in [-0.25, -0.2) is 0 Å². The van der Waals surface area contributed by atoms with Gasteiger partial charge >= 0.3 is 0 Å². The summed E-state index contributed by atoms with van der Waals surface area (Å²) in [5.41, 5.74) is 0.795. The van der Waals surface area contributed by atoms with Crippen molar-refractivity contribution in [2.75, 3.05) is 11.1 Å². The molecule has 22 heavy (non-hydrogen) atoms. The molecule has 116 valence electrons. The van der Waals surface area contributed by atoms with Crippen LogP contribution in [-0.2, 0) is 11.3 Å². The van der Waals surface area contributed by atoms with Gasteiger partial charge in [-0.3, -0.25) is 4.79 Å². The van der Waals surface area contributed by atoms with E-state index in [-0.39, 0.29) is 5.91 Å². The van der Waals surface area contributed by atoms with E-state index in [4.69, 9.17) is 0 Å². The molecule has 0 bridgehead atoms. The third-order valence-electron chi connectivity index (χ3n) is 2.90. The topological polar surface area (TPSA) is 59.8 Å². The fourth-order valence-electron chi connectivity index (χ4n) is 1.80. The van der Waals surface area contributed by atoms with E-state index in [1.165, 1.54) is 11.8 Å². The number of hydrogen-bond acceptors (Lipinski definition) is 4. The quantitative estimate of drug-likeness (QED) is 0.588. The number of rotatable bonds is 7. The number of carbonyl (C=O) groups excluding carboxylic acids is 1.